The molecule has 19 heavy (non-hydrogen) atoms. The lowest BCUT2D eigenvalue weighted by molar-refractivity contribution is -0.384. The van der Waals surface area contributed by atoms with Crippen molar-refractivity contribution in [2.24, 2.45) is 5.92 Å². The van der Waals surface area contributed by atoms with Gasteiger partial charge in [0.1, 0.15) is 11.5 Å². The molecule has 1 aromatic rings. The highest BCUT2D eigenvalue weighted by Gasteiger charge is 2.21. The summed E-state index contributed by atoms with van der Waals surface area (Å²) in [4.78, 5) is 12.3. The van der Waals surface area contributed by atoms with Crippen LogP contribution >= 0.6 is 0 Å². The average molecular weight is 267 g/mol. The summed E-state index contributed by atoms with van der Waals surface area (Å²) < 4.78 is 13.3. The fraction of sp³-hybridized carbons (Fsp3) is 0.538. The summed E-state index contributed by atoms with van der Waals surface area (Å²) in [6.07, 6.45) is 2.21. The van der Waals surface area contributed by atoms with Gasteiger partial charge in [-0.3, -0.25) is 10.1 Å². The van der Waals surface area contributed by atoms with Crippen LogP contribution in [0.15, 0.2) is 18.2 Å². The molecule has 5 nitrogen and oxygen atoms in total. The Morgan fingerprint density at radius 3 is 3.00 bits per heavy atom. The van der Waals surface area contributed by atoms with Gasteiger partial charge in [-0.15, -0.1) is 0 Å². The van der Waals surface area contributed by atoms with Gasteiger partial charge in [0.25, 0.3) is 5.69 Å². The quantitative estimate of drug-likeness (QED) is 0.671. The summed E-state index contributed by atoms with van der Waals surface area (Å²) >= 11 is 0. The minimum atomic E-state index is -0.468. The molecule has 2 rings (SSSR count). The third-order valence-electron chi connectivity index (χ3n) is 3.48. The van der Waals surface area contributed by atoms with Crippen LogP contribution in [0.2, 0.25) is 0 Å². The highest BCUT2D eigenvalue weighted by Crippen LogP contribution is 2.29. The number of rotatable bonds is 4. The van der Waals surface area contributed by atoms with Gasteiger partial charge in [0.2, 0.25) is 0 Å². The van der Waals surface area contributed by atoms with E-state index in [4.69, 9.17) is 0 Å². The van der Waals surface area contributed by atoms with E-state index in [0.717, 1.165) is 32.0 Å². The summed E-state index contributed by atoms with van der Waals surface area (Å²) in [5.41, 5.74) is 0.295. The van der Waals surface area contributed by atoms with Gasteiger partial charge < -0.3 is 10.2 Å². The number of benzene rings is 1. The van der Waals surface area contributed by atoms with E-state index in [1.54, 1.807) is 11.9 Å². The number of nitrogens with zero attached hydrogens (tertiary/aromatic N) is 2. The SMILES string of the molecule is CN(CC1CCCNC1)c1cc(F)ccc1[N+](=O)[O-]. The number of nitro benzene ring substituents is 1. The Kier molecular flexibility index (Phi) is 4.31. The van der Waals surface area contributed by atoms with Crippen molar-refractivity contribution < 1.29 is 9.31 Å². The van der Waals surface area contributed by atoms with Crippen molar-refractivity contribution in [1.82, 2.24) is 5.32 Å². The molecule has 1 aliphatic heterocycles. The van der Waals surface area contributed by atoms with Crippen LogP contribution in [-0.2, 0) is 0 Å². The lowest BCUT2D eigenvalue weighted by Gasteiger charge is -2.28. The van der Waals surface area contributed by atoms with Crippen LogP contribution in [0.5, 0.6) is 0 Å². The van der Waals surface area contributed by atoms with Crippen LogP contribution < -0.4 is 10.2 Å². The van der Waals surface area contributed by atoms with Crippen LogP contribution in [0.1, 0.15) is 12.8 Å². The third kappa shape index (κ3) is 3.41. The van der Waals surface area contributed by atoms with Crippen molar-refractivity contribution in [2.45, 2.75) is 12.8 Å². The number of hydrogen-bond donors (Lipinski definition) is 1. The Bertz CT molecular complexity index is 461. The van der Waals surface area contributed by atoms with Crippen molar-refractivity contribution >= 4 is 11.4 Å². The standard InChI is InChI=1S/C13H18FN3O2/c1-16(9-10-3-2-6-15-8-10)13-7-11(14)4-5-12(13)17(18)19/h4-5,7,10,15H,2-3,6,8-9H2,1H3. The Hall–Kier alpha value is -1.69. The molecule has 1 heterocycles. The summed E-state index contributed by atoms with van der Waals surface area (Å²) in [7, 11) is 1.77. The first-order valence-electron chi connectivity index (χ1n) is 6.43. The van der Waals surface area contributed by atoms with E-state index in [-0.39, 0.29) is 5.69 Å². The van der Waals surface area contributed by atoms with Crippen LogP contribution in [0, 0.1) is 21.8 Å². The molecule has 1 unspecified atom stereocenters. The van der Waals surface area contributed by atoms with Gasteiger partial charge >= 0.3 is 0 Å². The van der Waals surface area contributed by atoms with Crippen molar-refractivity contribution in [3.8, 4) is 0 Å². The zero-order chi connectivity index (χ0) is 13.8. The van der Waals surface area contributed by atoms with E-state index in [1.807, 2.05) is 0 Å². The maximum Gasteiger partial charge on any atom is 0.292 e. The van der Waals surface area contributed by atoms with E-state index < -0.39 is 10.7 Å². The van der Waals surface area contributed by atoms with Crippen LogP contribution in [-0.4, -0.2) is 31.6 Å². The highest BCUT2D eigenvalue weighted by molar-refractivity contribution is 5.62. The molecule has 104 valence electrons. The molecule has 0 aliphatic carbocycles. The Balaban J connectivity index is 2.14. The lowest BCUT2D eigenvalue weighted by Crippen LogP contribution is -2.37. The topological polar surface area (TPSA) is 58.4 Å². The zero-order valence-electron chi connectivity index (χ0n) is 10.9. The fourth-order valence-electron chi connectivity index (χ4n) is 2.52. The van der Waals surface area contributed by atoms with Gasteiger partial charge in [-0.25, -0.2) is 4.39 Å². The molecule has 1 aromatic carbocycles. The minimum absolute atomic E-state index is 0.0485. The Morgan fingerprint density at radius 2 is 2.37 bits per heavy atom. The van der Waals surface area contributed by atoms with Gasteiger partial charge in [0, 0.05) is 25.7 Å². The van der Waals surface area contributed by atoms with E-state index in [0.29, 0.717) is 18.2 Å². The first-order chi connectivity index (χ1) is 9.08. The van der Waals surface area contributed by atoms with E-state index in [2.05, 4.69) is 5.32 Å². The minimum Gasteiger partial charge on any atom is -0.369 e. The summed E-state index contributed by atoms with van der Waals surface area (Å²) in [6, 6.07) is 3.58. The highest BCUT2D eigenvalue weighted by atomic mass is 19.1. The molecule has 1 atom stereocenters. The summed E-state index contributed by atoms with van der Waals surface area (Å²) in [5, 5.41) is 14.3. The average Bonchev–Trinajstić information content (AvgIpc) is 2.39. The molecule has 1 N–H and O–H groups in total. The van der Waals surface area contributed by atoms with Gasteiger partial charge in [-0.05, 0) is 37.9 Å². The van der Waals surface area contributed by atoms with E-state index in [9.17, 15) is 14.5 Å². The molecule has 1 aliphatic rings. The molecule has 1 fully saturated rings. The largest absolute Gasteiger partial charge is 0.369 e. The van der Waals surface area contributed by atoms with Crippen LogP contribution in [0.4, 0.5) is 15.8 Å². The molecular formula is C13H18FN3O2. The van der Waals surface area contributed by atoms with Gasteiger partial charge in [-0.2, -0.15) is 0 Å². The first-order valence-corrected chi connectivity index (χ1v) is 6.43. The van der Waals surface area contributed by atoms with Crippen LogP contribution in [0.3, 0.4) is 0 Å². The molecule has 0 saturated carbocycles. The summed E-state index contributed by atoms with van der Waals surface area (Å²) in [6.45, 7) is 2.63. The van der Waals surface area contributed by atoms with Crippen molar-refractivity contribution in [2.75, 3.05) is 31.6 Å². The maximum atomic E-state index is 13.3. The number of nitrogens with one attached hydrogen (secondary N) is 1. The number of hydrogen-bond acceptors (Lipinski definition) is 4. The molecule has 0 radical (unpaired) electrons. The normalized spacial score (nSPS) is 19.2. The molecule has 0 spiro atoms. The zero-order valence-corrected chi connectivity index (χ0v) is 10.9. The predicted octanol–water partition coefficient (Wildman–Crippen LogP) is 2.17. The van der Waals surface area contributed by atoms with Crippen LogP contribution in [0.25, 0.3) is 0 Å². The number of piperidine rings is 1. The second kappa shape index (κ2) is 5.97. The molecule has 0 aromatic heterocycles. The summed E-state index contributed by atoms with van der Waals surface area (Å²) in [5.74, 6) is -0.00385. The maximum absolute atomic E-state index is 13.3. The van der Waals surface area contributed by atoms with Crippen molar-refractivity contribution in [3.05, 3.63) is 34.1 Å². The second-order valence-electron chi connectivity index (χ2n) is 4.98. The van der Waals surface area contributed by atoms with Gasteiger partial charge in [-0.1, -0.05) is 0 Å². The predicted molar refractivity (Wildman–Crippen MR) is 71.9 cm³/mol. The number of nitro groups is 1. The molecule has 1 saturated heterocycles. The smallest absolute Gasteiger partial charge is 0.292 e. The van der Waals surface area contributed by atoms with Gasteiger partial charge in [0.15, 0.2) is 0 Å². The van der Waals surface area contributed by atoms with Crippen molar-refractivity contribution in [3.63, 3.8) is 0 Å². The Morgan fingerprint density at radius 1 is 1.58 bits per heavy atom. The van der Waals surface area contributed by atoms with E-state index in [1.165, 1.54) is 12.1 Å². The van der Waals surface area contributed by atoms with Gasteiger partial charge in [0.05, 0.1) is 4.92 Å². The lowest BCUT2D eigenvalue weighted by atomic mass is 9.99. The fourth-order valence-corrected chi connectivity index (χ4v) is 2.52. The van der Waals surface area contributed by atoms with E-state index >= 15 is 0 Å². The monoisotopic (exact) mass is 267 g/mol. The van der Waals surface area contributed by atoms with Crippen molar-refractivity contribution in [1.29, 1.82) is 0 Å². The number of anilines is 1. The third-order valence-corrected chi connectivity index (χ3v) is 3.48. The molecule has 0 amide bonds. The first kappa shape index (κ1) is 13.7. The molecular weight excluding hydrogens is 249 g/mol. The number of halogens is 1. The Labute approximate surface area is 111 Å². The molecule has 0 bridgehead atoms. The second-order valence-corrected chi connectivity index (χ2v) is 4.98. The molecule has 6 heteroatoms.